The summed E-state index contributed by atoms with van der Waals surface area (Å²) in [6.45, 7) is 4.58. The summed E-state index contributed by atoms with van der Waals surface area (Å²) >= 11 is 0. The zero-order valence-electron chi connectivity index (χ0n) is 13.6. The lowest BCUT2D eigenvalue weighted by molar-refractivity contribution is 0.0672. The second-order valence-corrected chi connectivity index (χ2v) is 6.23. The van der Waals surface area contributed by atoms with E-state index < -0.39 is 0 Å². The largest absolute Gasteiger partial charge is 0.466 e. The van der Waals surface area contributed by atoms with Crippen molar-refractivity contribution in [3.05, 3.63) is 47.2 Å². The van der Waals surface area contributed by atoms with E-state index in [1.54, 1.807) is 0 Å². The van der Waals surface area contributed by atoms with Crippen LogP contribution in [0.2, 0.25) is 0 Å². The van der Waals surface area contributed by atoms with Crippen molar-refractivity contribution in [2.24, 2.45) is 7.05 Å². The topological polar surface area (TPSA) is 38.4 Å². The molecule has 0 aliphatic carbocycles. The van der Waals surface area contributed by atoms with Gasteiger partial charge in [0.2, 0.25) is 0 Å². The Kier molecular flexibility index (Phi) is 4.10. The molecule has 22 heavy (non-hydrogen) atoms. The van der Waals surface area contributed by atoms with Crippen LogP contribution in [0.25, 0.3) is 0 Å². The van der Waals surface area contributed by atoms with E-state index in [-0.39, 0.29) is 11.9 Å². The highest BCUT2D eigenvalue weighted by Gasteiger charge is 2.30. The number of aryl methyl sites for hydroxylation is 3. The van der Waals surface area contributed by atoms with Crippen LogP contribution in [0.3, 0.4) is 0 Å². The van der Waals surface area contributed by atoms with Gasteiger partial charge in [-0.2, -0.15) is 0 Å². The third-order valence-electron chi connectivity index (χ3n) is 4.61. The van der Waals surface area contributed by atoms with Crippen molar-refractivity contribution >= 4 is 5.91 Å². The summed E-state index contributed by atoms with van der Waals surface area (Å²) in [4.78, 5) is 15.1. The molecular formula is C18H24N2O2. The third kappa shape index (κ3) is 2.70. The number of carbonyl (C=O) groups excluding carboxylic acids is 1. The van der Waals surface area contributed by atoms with Crippen LogP contribution >= 0.6 is 0 Å². The second kappa shape index (κ2) is 6.03. The summed E-state index contributed by atoms with van der Waals surface area (Å²) in [6.07, 6.45) is 6.51. The summed E-state index contributed by atoms with van der Waals surface area (Å²) in [5.41, 5.74) is 1.92. The van der Waals surface area contributed by atoms with Crippen LogP contribution in [-0.2, 0) is 7.05 Å². The average molecular weight is 300 g/mol. The van der Waals surface area contributed by atoms with Crippen molar-refractivity contribution in [3.63, 3.8) is 0 Å². The zero-order valence-corrected chi connectivity index (χ0v) is 13.6. The van der Waals surface area contributed by atoms with Crippen LogP contribution in [0.1, 0.15) is 59.3 Å². The van der Waals surface area contributed by atoms with E-state index in [0.717, 1.165) is 30.9 Å². The van der Waals surface area contributed by atoms with Crippen molar-refractivity contribution in [2.75, 3.05) is 6.54 Å². The molecule has 0 aromatic carbocycles. The van der Waals surface area contributed by atoms with E-state index in [0.29, 0.717) is 5.56 Å². The van der Waals surface area contributed by atoms with E-state index in [9.17, 15) is 4.79 Å². The second-order valence-electron chi connectivity index (χ2n) is 6.23. The Hall–Kier alpha value is -1.97. The fraction of sp³-hybridized carbons (Fsp3) is 0.500. The van der Waals surface area contributed by atoms with Crippen LogP contribution in [0.15, 0.2) is 28.8 Å². The minimum Gasteiger partial charge on any atom is -0.466 e. The fourth-order valence-corrected chi connectivity index (χ4v) is 3.48. The van der Waals surface area contributed by atoms with Gasteiger partial charge in [-0.1, -0.05) is 12.8 Å². The summed E-state index contributed by atoms with van der Waals surface area (Å²) in [5, 5.41) is 0. The lowest BCUT2D eigenvalue weighted by atomic mass is 10.1. The number of carbonyl (C=O) groups is 1. The van der Waals surface area contributed by atoms with Crippen molar-refractivity contribution in [1.29, 1.82) is 0 Å². The predicted molar refractivity (Wildman–Crippen MR) is 85.8 cm³/mol. The first-order chi connectivity index (χ1) is 10.6. The highest BCUT2D eigenvalue weighted by Crippen LogP contribution is 2.32. The smallest absolute Gasteiger partial charge is 0.257 e. The van der Waals surface area contributed by atoms with Gasteiger partial charge in [0.1, 0.15) is 11.5 Å². The van der Waals surface area contributed by atoms with Crippen LogP contribution in [-0.4, -0.2) is 21.9 Å². The van der Waals surface area contributed by atoms with Gasteiger partial charge in [-0.25, -0.2) is 0 Å². The number of hydrogen-bond donors (Lipinski definition) is 0. The van der Waals surface area contributed by atoms with Crippen LogP contribution in [0.4, 0.5) is 0 Å². The molecule has 1 atom stereocenters. The number of amides is 1. The molecule has 0 N–H and O–H groups in total. The Bertz CT molecular complexity index is 668. The molecule has 1 saturated heterocycles. The Morgan fingerprint density at radius 1 is 1.27 bits per heavy atom. The Balaban J connectivity index is 1.95. The van der Waals surface area contributed by atoms with Gasteiger partial charge in [-0.15, -0.1) is 0 Å². The third-order valence-corrected chi connectivity index (χ3v) is 4.61. The number of aromatic nitrogens is 1. The highest BCUT2D eigenvalue weighted by atomic mass is 16.3. The normalized spacial score (nSPS) is 19.2. The molecule has 118 valence electrons. The number of hydrogen-bond acceptors (Lipinski definition) is 2. The number of nitrogens with zero attached hydrogens (tertiary/aromatic N) is 2. The molecule has 1 aliphatic rings. The lowest BCUT2D eigenvalue weighted by Gasteiger charge is -2.30. The summed E-state index contributed by atoms with van der Waals surface area (Å²) in [6, 6.07) is 6.20. The van der Waals surface area contributed by atoms with Crippen LogP contribution in [0.5, 0.6) is 0 Å². The van der Waals surface area contributed by atoms with E-state index in [4.69, 9.17) is 4.42 Å². The molecule has 1 amide bonds. The van der Waals surface area contributed by atoms with Crippen molar-refractivity contribution in [1.82, 2.24) is 9.47 Å². The van der Waals surface area contributed by atoms with Crippen LogP contribution < -0.4 is 0 Å². The fourth-order valence-electron chi connectivity index (χ4n) is 3.48. The van der Waals surface area contributed by atoms with Gasteiger partial charge in [0, 0.05) is 25.5 Å². The Labute approximate surface area is 131 Å². The zero-order chi connectivity index (χ0) is 15.7. The molecule has 0 spiro atoms. The minimum atomic E-state index is 0.0995. The van der Waals surface area contributed by atoms with Gasteiger partial charge < -0.3 is 13.9 Å². The average Bonchev–Trinajstić information content (AvgIpc) is 2.95. The van der Waals surface area contributed by atoms with E-state index in [2.05, 4.69) is 29.9 Å². The Morgan fingerprint density at radius 3 is 2.73 bits per heavy atom. The van der Waals surface area contributed by atoms with Crippen LogP contribution in [0, 0.1) is 13.8 Å². The monoisotopic (exact) mass is 300 g/mol. The molecule has 4 heteroatoms. The first-order valence-corrected chi connectivity index (χ1v) is 8.07. The molecule has 1 aliphatic heterocycles. The van der Waals surface area contributed by atoms with Gasteiger partial charge in [-0.3, -0.25) is 4.79 Å². The number of likely N-dealkylation sites (tertiary alicyclic amines) is 1. The van der Waals surface area contributed by atoms with Gasteiger partial charge in [-0.05, 0) is 44.9 Å². The van der Waals surface area contributed by atoms with Gasteiger partial charge in [0.05, 0.1) is 11.6 Å². The first kappa shape index (κ1) is 14.9. The first-order valence-electron chi connectivity index (χ1n) is 8.07. The summed E-state index contributed by atoms with van der Waals surface area (Å²) < 4.78 is 7.68. The Morgan fingerprint density at radius 2 is 2.09 bits per heavy atom. The maximum atomic E-state index is 13.1. The van der Waals surface area contributed by atoms with Gasteiger partial charge >= 0.3 is 0 Å². The standard InChI is InChI=1S/C18H24N2O2/c1-13-12-15(14(2)22-13)18(21)20-11-6-4-5-8-17(20)16-9-7-10-19(16)3/h7,9-10,12,17H,4-6,8,11H2,1-3H3. The molecule has 0 saturated carbocycles. The molecule has 1 unspecified atom stereocenters. The quantitative estimate of drug-likeness (QED) is 0.841. The molecule has 3 heterocycles. The molecule has 1 fully saturated rings. The maximum absolute atomic E-state index is 13.1. The molecule has 4 nitrogen and oxygen atoms in total. The summed E-state index contributed by atoms with van der Waals surface area (Å²) in [5.74, 6) is 1.62. The van der Waals surface area contributed by atoms with E-state index in [1.165, 1.54) is 18.5 Å². The lowest BCUT2D eigenvalue weighted by Crippen LogP contribution is -2.35. The highest BCUT2D eigenvalue weighted by molar-refractivity contribution is 5.95. The van der Waals surface area contributed by atoms with E-state index in [1.807, 2.05) is 24.8 Å². The molecule has 2 aromatic heterocycles. The molecule has 0 radical (unpaired) electrons. The SMILES string of the molecule is Cc1cc(C(=O)N2CCCCCC2c2cccn2C)c(C)o1. The molecule has 2 aromatic rings. The van der Waals surface area contributed by atoms with Gasteiger partial charge in [0.25, 0.3) is 5.91 Å². The number of furan rings is 1. The number of rotatable bonds is 2. The molecule has 0 bridgehead atoms. The summed E-state index contributed by atoms with van der Waals surface area (Å²) in [7, 11) is 2.05. The predicted octanol–water partition coefficient (Wildman–Crippen LogP) is 3.99. The van der Waals surface area contributed by atoms with Crippen molar-refractivity contribution < 1.29 is 9.21 Å². The van der Waals surface area contributed by atoms with Crippen molar-refractivity contribution in [3.8, 4) is 0 Å². The maximum Gasteiger partial charge on any atom is 0.257 e. The van der Waals surface area contributed by atoms with E-state index >= 15 is 0 Å². The molecule has 3 rings (SSSR count). The van der Waals surface area contributed by atoms with Gasteiger partial charge in [0.15, 0.2) is 0 Å². The molecular weight excluding hydrogens is 276 g/mol. The van der Waals surface area contributed by atoms with Crippen molar-refractivity contribution in [2.45, 2.75) is 45.6 Å². The minimum absolute atomic E-state index is 0.0995.